The Labute approximate surface area is 163 Å². The Morgan fingerprint density at radius 2 is 1.52 bits per heavy atom. The summed E-state index contributed by atoms with van der Waals surface area (Å²) in [6.07, 6.45) is 5.17. The molecule has 5 nitrogen and oxygen atoms in total. The van der Waals surface area contributed by atoms with Crippen LogP contribution in [0.2, 0.25) is 0 Å². The highest BCUT2D eigenvalue weighted by Gasteiger charge is 2.31. The molecule has 0 bridgehead atoms. The van der Waals surface area contributed by atoms with Crippen LogP contribution in [0.15, 0.2) is 24.3 Å². The van der Waals surface area contributed by atoms with Gasteiger partial charge in [0.05, 0.1) is 6.61 Å². The van der Waals surface area contributed by atoms with Crippen LogP contribution < -0.4 is 10.1 Å². The van der Waals surface area contributed by atoms with Gasteiger partial charge in [0.1, 0.15) is 5.75 Å². The van der Waals surface area contributed by atoms with Gasteiger partial charge in [-0.3, -0.25) is 9.59 Å². The second-order valence-electron chi connectivity index (χ2n) is 7.32. The molecule has 5 heteroatoms. The minimum atomic E-state index is -0.00795. The Morgan fingerprint density at radius 1 is 0.963 bits per heavy atom. The summed E-state index contributed by atoms with van der Waals surface area (Å²) < 4.78 is 5.42. The number of ether oxygens (including phenoxy) is 1. The first-order valence-corrected chi connectivity index (χ1v) is 10.4. The monoisotopic (exact) mass is 374 g/mol. The molecule has 1 aromatic rings. The molecule has 2 amide bonds. The Morgan fingerprint density at radius 3 is 2.04 bits per heavy atom. The number of amides is 2. The van der Waals surface area contributed by atoms with Crippen LogP contribution in [-0.2, 0) is 9.59 Å². The van der Waals surface area contributed by atoms with Crippen molar-refractivity contribution in [2.75, 3.05) is 25.0 Å². The number of anilines is 1. The van der Waals surface area contributed by atoms with Crippen LogP contribution in [0, 0.1) is 11.8 Å². The van der Waals surface area contributed by atoms with Crippen molar-refractivity contribution in [2.24, 2.45) is 11.8 Å². The molecule has 0 spiro atoms. The minimum absolute atomic E-state index is 0.00795. The van der Waals surface area contributed by atoms with Gasteiger partial charge in [-0.1, -0.05) is 13.8 Å². The molecule has 0 unspecified atom stereocenters. The van der Waals surface area contributed by atoms with Gasteiger partial charge < -0.3 is 15.0 Å². The molecule has 0 atom stereocenters. The van der Waals surface area contributed by atoms with E-state index in [1.165, 1.54) is 0 Å². The lowest BCUT2D eigenvalue weighted by molar-refractivity contribution is -0.138. The number of carbonyl (C=O) groups excluding carboxylic acids is 2. The first-order valence-electron chi connectivity index (χ1n) is 10.4. The van der Waals surface area contributed by atoms with E-state index in [2.05, 4.69) is 19.2 Å². The molecule has 1 aliphatic carbocycles. The van der Waals surface area contributed by atoms with Gasteiger partial charge in [0.15, 0.2) is 0 Å². The maximum Gasteiger partial charge on any atom is 0.227 e. The van der Waals surface area contributed by atoms with Crippen LogP contribution in [0.4, 0.5) is 5.69 Å². The molecule has 1 fully saturated rings. The second kappa shape index (κ2) is 11.0. The summed E-state index contributed by atoms with van der Waals surface area (Å²) in [7, 11) is 0. The average molecular weight is 375 g/mol. The van der Waals surface area contributed by atoms with Crippen LogP contribution in [0.25, 0.3) is 0 Å². The van der Waals surface area contributed by atoms with E-state index in [0.717, 1.165) is 63.1 Å². The second-order valence-corrected chi connectivity index (χ2v) is 7.32. The lowest BCUT2D eigenvalue weighted by atomic mass is 9.80. The number of benzene rings is 1. The predicted molar refractivity (Wildman–Crippen MR) is 109 cm³/mol. The average Bonchev–Trinajstić information content (AvgIpc) is 2.69. The fraction of sp³-hybridized carbons (Fsp3) is 0.636. The van der Waals surface area contributed by atoms with Crippen LogP contribution >= 0.6 is 0 Å². The number of carbonyl (C=O) groups is 2. The zero-order valence-corrected chi connectivity index (χ0v) is 17.0. The van der Waals surface area contributed by atoms with Crippen molar-refractivity contribution in [1.82, 2.24) is 4.90 Å². The zero-order valence-electron chi connectivity index (χ0n) is 17.0. The van der Waals surface area contributed by atoms with Crippen molar-refractivity contribution < 1.29 is 14.3 Å². The highest BCUT2D eigenvalue weighted by molar-refractivity contribution is 5.92. The predicted octanol–water partition coefficient (Wildman–Crippen LogP) is 4.48. The van der Waals surface area contributed by atoms with Gasteiger partial charge in [-0.2, -0.15) is 0 Å². The topological polar surface area (TPSA) is 58.6 Å². The van der Waals surface area contributed by atoms with Crippen molar-refractivity contribution in [2.45, 2.75) is 59.3 Å². The number of hydrogen-bond acceptors (Lipinski definition) is 3. The minimum Gasteiger partial charge on any atom is -0.494 e. The molecule has 1 saturated carbocycles. The summed E-state index contributed by atoms with van der Waals surface area (Å²) in [4.78, 5) is 27.3. The molecule has 1 aromatic carbocycles. The van der Waals surface area contributed by atoms with E-state index in [1.807, 2.05) is 36.1 Å². The lowest BCUT2D eigenvalue weighted by Gasteiger charge is -2.31. The van der Waals surface area contributed by atoms with E-state index in [1.54, 1.807) is 0 Å². The molecule has 0 aliphatic heterocycles. The third kappa shape index (κ3) is 6.26. The van der Waals surface area contributed by atoms with E-state index in [9.17, 15) is 9.59 Å². The van der Waals surface area contributed by atoms with E-state index in [4.69, 9.17) is 4.74 Å². The summed E-state index contributed by atoms with van der Waals surface area (Å²) in [5.74, 6) is 1.22. The summed E-state index contributed by atoms with van der Waals surface area (Å²) >= 11 is 0. The van der Waals surface area contributed by atoms with Gasteiger partial charge >= 0.3 is 0 Å². The summed E-state index contributed by atoms with van der Waals surface area (Å²) in [5.41, 5.74) is 0.790. The van der Waals surface area contributed by atoms with Gasteiger partial charge in [0.25, 0.3) is 0 Å². The Kier molecular flexibility index (Phi) is 8.62. The van der Waals surface area contributed by atoms with Crippen molar-refractivity contribution in [3.05, 3.63) is 24.3 Å². The van der Waals surface area contributed by atoms with Gasteiger partial charge in [0, 0.05) is 30.6 Å². The molecule has 27 heavy (non-hydrogen) atoms. The number of nitrogens with zero attached hydrogens (tertiary/aromatic N) is 1. The van der Waals surface area contributed by atoms with Crippen LogP contribution in [0.3, 0.4) is 0 Å². The molecule has 150 valence electrons. The van der Waals surface area contributed by atoms with Gasteiger partial charge in [0.2, 0.25) is 11.8 Å². The Bertz CT molecular complexity index is 586. The Balaban J connectivity index is 1.83. The molecular weight excluding hydrogens is 340 g/mol. The fourth-order valence-electron chi connectivity index (χ4n) is 3.78. The molecule has 0 heterocycles. The third-order valence-electron chi connectivity index (χ3n) is 5.18. The molecule has 0 radical (unpaired) electrons. The zero-order chi connectivity index (χ0) is 19.6. The van der Waals surface area contributed by atoms with Crippen molar-refractivity contribution in [3.8, 4) is 5.75 Å². The van der Waals surface area contributed by atoms with Gasteiger partial charge in [-0.25, -0.2) is 0 Å². The van der Waals surface area contributed by atoms with E-state index < -0.39 is 0 Å². The number of hydrogen-bond donors (Lipinski definition) is 1. The highest BCUT2D eigenvalue weighted by Crippen LogP contribution is 2.31. The Hall–Kier alpha value is -2.04. The van der Waals surface area contributed by atoms with Crippen molar-refractivity contribution in [1.29, 1.82) is 0 Å². The quantitative estimate of drug-likeness (QED) is 0.693. The van der Waals surface area contributed by atoms with Crippen LogP contribution in [-0.4, -0.2) is 36.4 Å². The van der Waals surface area contributed by atoms with Crippen molar-refractivity contribution in [3.63, 3.8) is 0 Å². The fourth-order valence-corrected chi connectivity index (χ4v) is 3.78. The van der Waals surface area contributed by atoms with Crippen LogP contribution in [0.1, 0.15) is 59.3 Å². The maximum absolute atomic E-state index is 12.7. The summed E-state index contributed by atoms with van der Waals surface area (Å²) in [5, 5.41) is 3.00. The van der Waals surface area contributed by atoms with E-state index >= 15 is 0 Å². The molecule has 2 rings (SSSR count). The molecular formula is C22H34N2O3. The maximum atomic E-state index is 12.7. The van der Waals surface area contributed by atoms with E-state index in [0.29, 0.717) is 6.61 Å². The number of nitrogens with one attached hydrogen (secondary N) is 1. The van der Waals surface area contributed by atoms with Gasteiger partial charge in [-0.15, -0.1) is 0 Å². The molecule has 1 aliphatic rings. The molecule has 0 saturated heterocycles. The lowest BCUT2D eigenvalue weighted by Crippen LogP contribution is -2.39. The SMILES string of the molecule is CCCN(CCC)C(=O)C1CCC(C(=O)Nc2ccc(OCC)cc2)CC1. The largest absolute Gasteiger partial charge is 0.494 e. The summed E-state index contributed by atoms with van der Waals surface area (Å²) in [6, 6.07) is 7.46. The summed E-state index contributed by atoms with van der Waals surface area (Å²) in [6.45, 7) is 8.47. The molecule has 1 N–H and O–H groups in total. The standard InChI is InChI=1S/C22H34N2O3/c1-4-15-24(16-5-2)22(26)18-9-7-17(8-10-18)21(25)23-19-11-13-20(14-12-19)27-6-3/h11-14,17-18H,4-10,15-16H2,1-3H3,(H,23,25). The highest BCUT2D eigenvalue weighted by atomic mass is 16.5. The van der Waals surface area contributed by atoms with Gasteiger partial charge in [-0.05, 0) is 69.7 Å². The first-order chi connectivity index (χ1) is 13.1. The molecule has 0 aromatic heterocycles. The van der Waals surface area contributed by atoms with E-state index in [-0.39, 0.29) is 23.7 Å². The first kappa shape index (κ1) is 21.3. The normalized spacial score (nSPS) is 19.4. The number of rotatable bonds is 9. The smallest absolute Gasteiger partial charge is 0.227 e. The van der Waals surface area contributed by atoms with Crippen LogP contribution in [0.5, 0.6) is 5.75 Å². The third-order valence-corrected chi connectivity index (χ3v) is 5.18. The van der Waals surface area contributed by atoms with Crippen molar-refractivity contribution >= 4 is 17.5 Å².